The molecule has 0 unspecified atom stereocenters. The second kappa shape index (κ2) is 6.95. The van der Waals surface area contributed by atoms with Crippen LogP contribution >= 0.6 is 0 Å². The molecule has 2 heterocycles. The molecule has 1 N–H and O–H groups in total. The first-order valence-corrected chi connectivity index (χ1v) is 10.5. The first kappa shape index (κ1) is 18.0. The number of benzene rings is 1. The lowest BCUT2D eigenvalue weighted by atomic mass is 9.97. The van der Waals surface area contributed by atoms with Gasteiger partial charge in [-0.15, -0.1) is 4.40 Å². The minimum absolute atomic E-state index is 0.196. The van der Waals surface area contributed by atoms with Gasteiger partial charge in [-0.3, -0.25) is 9.59 Å². The van der Waals surface area contributed by atoms with Crippen LogP contribution in [0.4, 0.5) is 0 Å². The van der Waals surface area contributed by atoms with E-state index in [0.29, 0.717) is 30.9 Å². The van der Waals surface area contributed by atoms with Gasteiger partial charge in [0, 0.05) is 24.7 Å². The summed E-state index contributed by atoms with van der Waals surface area (Å²) in [4.78, 5) is 26.0. The Bertz CT molecular complexity index is 907. The van der Waals surface area contributed by atoms with Crippen LogP contribution in [0.1, 0.15) is 31.2 Å². The summed E-state index contributed by atoms with van der Waals surface area (Å²) in [7, 11) is -3.69. The number of likely N-dealkylation sites (tertiary alicyclic amines) is 1. The lowest BCUT2D eigenvalue weighted by Gasteiger charge is -2.32. The van der Waals surface area contributed by atoms with E-state index in [0.717, 1.165) is 19.3 Å². The van der Waals surface area contributed by atoms with Crippen molar-refractivity contribution in [3.05, 3.63) is 29.8 Å². The molecular weight excluding hydrogens is 370 g/mol. The molecule has 1 aromatic carbocycles. The fourth-order valence-corrected chi connectivity index (χ4v) is 4.66. The molecule has 1 saturated carbocycles. The number of amidine groups is 1. The SMILES string of the molecule is O=C(COC(=O)[C@H]1CCCN(C2=NS(=O)(=O)c3ccccc32)C1)NC1CC1. The van der Waals surface area contributed by atoms with Crippen LogP contribution in [0.25, 0.3) is 0 Å². The lowest BCUT2D eigenvalue weighted by Crippen LogP contribution is -2.43. The Hall–Kier alpha value is -2.42. The van der Waals surface area contributed by atoms with E-state index in [1.54, 1.807) is 18.2 Å². The maximum Gasteiger partial charge on any atom is 0.311 e. The molecule has 3 aliphatic rings. The Morgan fingerprint density at radius 3 is 2.78 bits per heavy atom. The summed E-state index contributed by atoms with van der Waals surface area (Å²) in [6, 6.07) is 6.92. The van der Waals surface area contributed by atoms with E-state index in [-0.39, 0.29) is 23.5 Å². The Balaban J connectivity index is 1.41. The number of piperidine rings is 1. The Labute approximate surface area is 157 Å². The van der Waals surface area contributed by atoms with Gasteiger partial charge in [-0.25, -0.2) is 0 Å². The molecule has 2 aliphatic heterocycles. The molecule has 1 saturated heterocycles. The highest BCUT2D eigenvalue weighted by Gasteiger charge is 2.35. The van der Waals surface area contributed by atoms with Crippen molar-refractivity contribution in [2.24, 2.45) is 10.3 Å². The van der Waals surface area contributed by atoms with E-state index in [4.69, 9.17) is 4.74 Å². The molecular formula is C18H21N3O5S. The van der Waals surface area contributed by atoms with Crippen LogP contribution in [0.15, 0.2) is 33.6 Å². The first-order chi connectivity index (χ1) is 12.9. The topological polar surface area (TPSA) is 105 Å². The van der Waals surface area contributed by atoms with Gasteiger partial charge in [-0.05, 0) is 37.8 Å². The number of carbonyl (C=O) groups is 2. The molecule has 27 heavy (non-hydrogen) atoms. The zero-order valence-electron chi connectivity index (χ0n) is 14.8. The predicted molar refractivity (Wildman–Crippen MR) is 96.6 cm³/mol. The fraction of sp³-hybridized carbons (Fsp3) is 0.500. The molecule has 0 radical (unpaired) electrons. The maximum absolute atomic E-state index is 12.4. The van der Waals surface area contributed by atoms with E-state index >= 15 is 0 Å². The number of hydrogen-bond donors (Lipinski definition) is 1. The van der Waals surface area contributed by atoms with Crippen molar-refractivity contribution < 1.29 is 22.7 Å². The molecule has 0 spiro atoms. The molecule has 1 amide bonds. The van der Waals surface area contributed by atoms with Crippen molar-refractivity contribution in [3.63, 3.8) is 0 Å². The monoisotopic (exact) mass is 391 g/mol. The molecule has 9 heteroatoms. The van der Waals surface area contributed by atoms with Crippen molar-refractivity contribution in [2.75, 3.05) is 19.7 Å². The van der Waals surface area contributed by atoms with Gasteiger partial charge >= 0.3 is 5.97 Å². The third-order valence-electron chi connectivity index (χ3n) is 4.95. The number of carbonyl (C=O) groups excluding carboxylic acids is 2. The third kappa shape index (κ3) is 3.83. The van der Waals surface area contributed by atoms with Gasteiger partial charge < -0.3 is 15.0 Å². The smallest absolute Gasteiger partial charge is 0.311 e. The molecule has 144 valence electrons. The van der Waals surface area contributed by atoms with Crippen molar-refractivity contribution in [1.82, 2.24) is 10.2 Å². The lowest BCUT2D eigenvalue weighted by molar-refractivity contribution is -0.153. The molecule has 1 atom stereocenters. The summed E-state index contributed by atoms with van der Waals surface area (Å²) >= 11 is 0. The summed E-state index contributed by atoms with van der Waals surface area (Å²) in [6.45, 7) is 0.671. The molecule has 0 aromatic heterocycles. The quantitative estimate of drug-likeness (QED) is 0.757. The largest absolute Gasteiger partial charge is 0.455 e. The molecule has 2 fully saturated rings. The second-order valence-corrected chi connectivity index (χ2v) is 8.69. The van der Waals surface area contributed by atoms with E-state index < -0.39 is 21.9 Å². The van der Waals surface area contributed by atoms with Gasteiger partial charge in [0.15, 0.2) is 12.4 Å². The number of rotatable bonds is 4. The van der Waals surface area contributed by atoms with Gasteiger partial charge in [-0.1, -0.05) is 12.1 Å². The minimum atomic E-state index is -3.69. The average Bonchev–Trinajstić information content (AvgIpc) is 3.43. The summed E-state index contributed by atoms with van der Waals surface area (Å²) < 4.78 is 33.6. The van der Waals surface area contributed by atoms with E-state index in [1.165, 1.54) is 6.07 Å². The van der Waals surface area contributed by atoms with Crippen LogP contribution in [0, 0.1) is 5.92 Å². The van der Waals surface area contributed by atoms with Crippen LogP contribution in [0.2, 0.25) is 0 Å². The first-order valence-electron chi connectivity index (χ1n) is 9.09. The molecule has 1 aliphatic carbocycles. The predicted octanol–water partition coefficient (Wildman–Crippen LogP) is 0.669. The summed E-state index contributed by atoms with van der Waals surface area (Å²) in [5.74, 6) is -0.737. The normalized spacial score (nSPS) is 23.3. The second-order valence-electron chi connectivity index (χ2n) is 7.12. The number of nitrogens with zero attached hydrogens (tertiary/aromatic N) is 2. The number of amides is 1. The van der Waals surface area contributed by atoms with Crippen molar-refractivity contribution in [2.45, 2.75) is 36.6 Å². The summed E-state index contributed by atoms with van der Waals surface area (Å²) in [5.41, 5.74) is 0.565. The van der Waals surface area contributed by atoms with E-state index in [2.05, 4.69) is 9.71 Å². The number of esters is 1. The van der Waals surface area contributed by atoms with E-state index in [1.807, 2.05) is 4.90 Å². The summed E-state index contributed by atoms with van der Waals surface area (Å²) in [5, 5.41) is 2.77. The maximum atomic E-state index is 12.4. The highest BCUT2D eigenvalue weighted by molar-refractivity contribution is 7.90. The zero-order chi connectivity index (χ0) is 19.0. The highest BCUT2D eigenvalue weighted by Crippen LogP contribution is 2.30. The van der Waals surface area contributed by atoms with Crippen LogP contribution in [-0.2, 0) is 24.3 Å². The van der Waals surface area contributed by atoms with Crippen LogP contribution in [0.3, 0.4) is 0 Å². The Kier molecular flexibility index (Phi) is 4.63. The van der Waals surface area contributed by atoms with Crippen LogP contribution in [-0.4, -0.2) is 56.8 Å². The zero-order valence-corrected chi connectivity index (χ0v) is 15.6. The van der Waals surface area contributed by atoms with Crippen molar-refractivity contribution in [1.29, 1.82) is 0 Å². The number of hydrogen-bond acceptors (Lipinski definition) is 6. The Morgan fingerprint density at radius 1 is 1.22 bits per heavy atom. The number of fused-ring (bicyclic) bond motifs is 1. The van der Waals surface area contributed by atoms with Gasteiger partial charge in [0.05, 0.1) is 5.92 Å². The average molecular weight is 391 g/mol. The van der Waals surface area contributed by atoms with Crippen LogP contribution in [0.5, 0.6) is 0 Å². The van der Waals surface area contributed by atoms with Gasteiger partial charge in [-0.2, -0.15) is 8.42 Å². The number of nitrogens with one attached hydrogen (secondary N) is 1. The van der Waals surface area contributed by atoms with Gasteiger partial charge in [0.1, 0.15) is 4.90 Å². The summed E-state index contributed by atoms with van der Waals surface area (Å²) in [6.07, 6.45) is 3.31. The standard InChI is InChI=1S/C18H21N3O5S/c22-16(19-13-7-8-13)11-26-18(23)12-4-3-9-21(10-12)17-14-5-1-2-6-15(14)27(24,25)20-17/h1-2,5-6,12-13H,3-4,7-11H2,(H,19,22)/t12-/m0/s1. The molecule has 0 bridgehead atoms. The molecule has 8 nitrogen and oxygen atoms in total. The minimum Gasteiger partial charge on any atom is -0.455 e. The molecule has 4 rings (SSSR count). The van der Waals surface area contributed by atoms with Gasteiger partial charge in [0.2, 0.25) is 0 Å². The molecule has 1 aromatic rings. The fourth-order valence-electron chi connectivity index (χ4n) is 3.43. The third-order valence-corrected chi connectivity index (χ3v) is 6.28. The highest BCUT2D eigenvalue weighted by atomic mass is 32.2. The van der Waals surface area contributed by atoms with Crippen molar-refractivity contribution >= 4 is 27.7 Å². The Morgan fingerprint density at radius 2 is 2.00 bits per heavy atom. The van der Waals surface area contributed by atoms with Crippen molar-refractivity contribution in [3.8, 4) is 0 Å². The van der Waals surface area contributed by atoms with Gasteiger partial charge in [0.25, 0.3) is 15.9 Å². The number of ether oxygens (including phenoxy) is 1. The van der Waals surface area contributed by atoms with E-state index in [9.17, 15) is 18.0 Å². The number of sulfonamides is 1. The van der Waals surface area contributed by atoms with Crippen LogP contribution < -0.4 is 5.32 Å².